The summed E-state index contributed by atoms with van der Waals surface area (Å²) < 4.78 is 27.9. The number of aromatic carboxylic acids is 1. The van der Waals surface area contributed by atoms with Crippen molar-refractivity contribution < 1.29 is 18.7 Å². The predicted molar refractivity (Wildman–Crippen MR) is 91.8 cm³/mol. The molecule has 0 fully saturated rings. The molecule has 7 heteroatoms. The number of carboxylic acids is 1. The largest absolute Gasteiger partial charge is 0.477 e. The molecule has 4 nitrogen and oxygen atoms in total. The molecule has 0 aliphatic heterocycles. The molecule has 0 radical (unpaired) electrons. The van der Waals surface area contributed by atoms with Crippen LogP contribution in [0, 0.1) is 23.0 Å². The number of nitrogens with zero attached hydrogens (tertiary/aromatic N) is 2. The van der Waals surface area contributed by atoms with Gasteiger partial charge < -0.3 is 5.11 Å². The van der Waals surface area contributed by atoms with E-state index in [-0.39, 0.29) is 21.6 Å². The van der Waals surface area contributed by atoms with Gasteiger partial charge in [0.15, 0.2) is 0 Å². The zero-order chi connectivity index (χ0) is 18.6. The highest BCUT2D eigenvalue weighted by molar-refractivity contribution is 7.14. The van der Waals surface area contributed by atoms with Gasteiger partial charge in [-0.2, -0.15) is 5.26 Å². The number of carboxylic acid groups (broad SMARTS) is 1. The summed E-state index contributed by atoms with van der Waals surface area (Å²) in [6, 6.07) is 5.35. The van der Waals surface area contributed by atoms with Crippen LogP contribution in [0.25, 0.3) is 11.1 Å². The Hall–Kier alpha value is -3.11. The van der Waals surface area contributed by atoms with Crippen molar-refractivity contribution in [2.24, 2.45) is 0 Å². The monoisotopic (exact) mass is 358 g/mol. The number of rotatable bonds is 5. The first-order chi connectivity index (χ1) is 11.9. The summed E-state index contributed by atoms with van der Waals surface area (Å²) in [5.41, 5.74) is 0.229. The van der Waals surface area contributed by atoms with E-state index < -0.39 is 17.6 Å². The van der Waals surface area contributed by atoms with Crippen LogP contribution in [0.3, 0.4) is 0 Å². The molecule has 0 aliphatic carbocycles. The second-order valence-electron chi connectivity index (χ2n) is 4.89. The molecule has 2 aromatic rings. The predicted octanol–water partition coefficient (Wildman–Crippen LogP) is 4.69. The zero-order valence-electron chi connectivity index (χ0n) is 13.1. The highest BCUT2D eigenvalue weighted by Crippen LogP contribution is 2.28. The van der Waals surface area contributed by atoms with Crippen LogP contribution in [0.4, 0.5) is 8.78 Å². The molecular weight excluding hydrogens is 346 g/mol. The average Bonchev–Trinajstić information content (AvgIpc) is 3.06. The van der Waals surface area contributed by atoms with E-state index in [1.165, 1.54) is 31.3 Å². The molecule has 0 unspecified atom stereocenters. The standard InChI is InChI=1S/C18H12F2N2O2S/c1-3-11(17-22-9-15(25-17)18(23)24)7-12(8-21)10(2)16-13(19)5-4-6-14(16)20/h3-7,9H,1H2,2H3,(H,23,24)/b11-7+,12-10-. The maximum atomic E-state index is 13.9. The molecule has 0 amide bonds. The Bertz CT molecular complexity index is 932. The molecule has 0 saturated heterocycles. The van der Waals surface area contributed by atoms with E-state index >= 15 is 0 Å². The third-order valence-corrected chi connectivity index (χ3v) is 4.38. The maximum absolute atomic E-state index is 13.9. The molecule has 0 bridgehead atoms. The lowest BCUT2D eigenvalue weighted by molar-refractivity contribution is 0.0702. The van der Waals surface area contributed by atoms with Gasteiger partial charge in [0.1, 0.15) is 21.5 Å². The average molecular weight is 358 g/mol. The summed E-state index contributed by atoms with van der Waals surface area (Å²) >= 11 is 0.910. The van der Waals surface area contributed by atoms with Crippen molar-refractivity contribution >= 4 is 28.5 Å². The number of hydrogen-bond donors (Lipinski definition) is 1. The summed E-state index contributed by atoms with van der Waals surface area (Å²) in [4.78, 5) is 15.0. The minimum atomic E-state index is -1.12. The fraction of sp³-hybridized carbons (Fsp3) is 0.0556. The molecule has 0 spiro atoms. The molecule has 1 N–H and O–H groups in total. The van der Waals surface area contributed by atoms with Crippen molar-refractivity contribution in [2.75, 3.05) is 0 Å². The van der Waals surface area contributed by atoms with Gasteiger partial charge in [0, 0.05) is 5.57 Å². The third kappa shape index (κ3) is 3.87. The minimum Gasteiger partial charge on any atom is -0.477 e. The van der Waals surface area contributed by atoms with E-state index in [1.807, 2.05) is 6.07 Å². The molecular formula is C18H12F2N2O2S. The van der Waals surface area contributed by atoms with Crippen LogP contribution in [0.2, 0.25) is 0 Å². The minimum absolute atomic E-state index is 0.0194. The van der Waals surface area contributed by atoms with Crippen LogP contribution in [-0.4, -0.2) is 16.1 Å². The molecule has 0 atom stereocenters. The van der Waals surface area contributed by atoms with Gasteiger partial charge in [-0.25, -0.2) is 18.6 Å². The van der Waals surface area contributed by atoms with Crippen LogP contribution in [-0.2, 0) is 0 Å². The third-order valence-electron chi connectivity index (χ3n) is 3.35. The summed E-state index contributed by atoms with van der Waals surface area (Å²) in [6.45, 7) is 5.05. The van der Waals surface area contributed by atoms with Crippen molar-refractivity contribution in [3.05, 3.63) is 75.8 Å². The Balaban J connectivity index is 2.58. The molecule has 1 heterocycles. The van der Waals surface area contributed by atoms with Gasteiger partial charge in [0.25, 0.3) is 0 Å². The van der Waals surface area contributed by atoms with Crippen LogP contribution in [0.1, 0.15) is 27.2 Å². The SMILES string of the molecule is C=C/C(=C\C(C#N)=C(/C)c1c(F)cccc1F)c1ncc(C(=O)O)s1. The molecule has 0 saturated carbocycles. The lowest BCUT2D eigenvalue weighted by Crippen LogP contribution is -1.95. The van der Waals surface area contributed by atoms with E-state index in [1.54, 1.807) is 0 Å². The van der Waals surface area contributed by atoms with Gasteiger partial charge in [-0.1, -0.05) is 18.7 Å². The number of benzene rings is 1. The van der Waals surface area contributed by atoms with E-state index in [2.05, 4.69) is 11.6 Å². The first-order valence-corrected chi connectivity index (χ1v) is 7.79. The summed E-state index contributed by atoms with van der Waals surface area (Å²) in [5.74, 6) is -2.67. The quantitative estimate of drug-likeness (QED) is 0.622. The number of nitriles is 1. The van der Waals surface area contributed by atoms with Gasteiger partial charge in [-0.05, 0) is 30.7 Å². The summed E-state index contributed by atoms with van der Waals surface area (Å²) in [6.07, 6.45) is 3.96. The second-order valence-corrected chi connectivity index (χ2v) is 5.92. The normalized spacial score (nSPS) is 12.3. The molecule has 2 rings (SSSR count). The van der Waals surface area contributed by atoms with Crippen LogP contribution >= 0.6 is 11.3 Å². The first-order valence-electron chi connectivity index (χ1n) is 6.98. The maximum Gasteiger partial charge on any atom is 0.347 e. The lowest BCUT2D eigenvalue weighted by atomic mass is 9.99. The molecule has 25 heavy (non-hydrogen) atoms. The Labute approximate surface area is 146 Å². The molecule has 1 aromatic heterocycles. The number of hydrogen-bond acceptors (Lipinski definition) is 4. The van der Waals surface area contributed by atoms with Crippen LogP contribution in [0.15, 0.2) is 48.7 Å². The Kier molecular flexibility index (Phi) is 5.57. The lowest BCUT2D eigenvalue weighted by Gasteiger charge is -2.07. The Morgan fingerprint density at radius 3 is 2.52 bits per heavy atom. The summed E-state index contributed by atoms with van der Waals surface area (Å²) in [5, 5.41) is 18.7. The van der Waals surface area contributed by atoms with Gasteiger partial charge in [0.2, 0.25) is 0 Å². The van der Waals surface area contributed by atoms with Gasteiger partial charge in [-0.15, -0.1) is 11.3 Å². The topological polar surface area (TPSA) is 74.0 Å². The van der Waals surface area contributed by atoms with Gasteiger partial charge >= 0.3 is 5.97 Å². The van der Waals surface area contributed by atoms with Crippen molar-refractivity contribution in [3.8, 4) is 6.07 Å². The van der Waals surface area contributed by atoms with E-state index in [0.717, 1.165) is 23.5 Å². The smallest absolute Gasteiger partial charge is 0.347 e. The first kappa shape index (κ1) is 18.2. The zero-order valence-corrected chi connectivity index (χ0v) is 13.9. The Morgan fingerprint density at radius 1 is 1.40 bits per heavy atom. The number of allylic oxidation sites excluding steroid dienone is 5. The second kappa shape index (κ2) is 7.64. The Morgan fingerprint density at radius 2 is 2.04 bits per heavy atom. The highest BCUT2D eigenvalue weighted by atomic mass is 32.1. The van der Waals surface area contributed by atoms with E-state index in [0.29, 0.717) is 10.6 Å². The molecule has 0 aliphatic rings. The fourth-order valence-electron chi connectivity index (χ4n) is 2.09. The van der Waals surface area contributed by atoms with Crippen molar-refractivity contribution in [2.45, 2.75) is 6.92 Å². The van der Waals surface area contributed by atoms with Crippen molar-refractivity contribution in [1.82, 2.24) is 4.98 Å². The molecule has 1 aromatic carbocycles. The van der Waals surface area contributed by atoms with Crippen LogP contribution < -0.4 is 0 Å². The number of carbonyl (C=O) groups is 1. The fourth-order valence-corrected chi connectivity index (χ4v) is 2.85. The number of halogens is 2. The van der Waals surface area contributed by atoms with Crippen molar-refractivity contribution in [1.29, 1.82) is 5.26 Å². The van der Waals surface area contributed by atoms with Crippen molar-refractivity contribution in [3.63, 3.8) is 0 Å². The van der Waals surface area contributed by atoms with Gasteiger partial charge in [-0.3, -0.25) is 0 Å². The highest BCUT2D eigenvalue weighted by Gasteiger charge is 2.15. The summed E-state index contributed by atoms with van der Waals surface area (Å²) in [7, 11) is 0. The number of aromatic nitrogens is 1. The van der Waals surface area contributed by atoms with E-state index in [9.17, 15) is 18.8 Å². The molecule has 126 valence electrons. The number of thiazole rings is 1. The van der Waals surface area contributed by atoms with E-state index in [4.69, 9.17) is 5.11 Å². The van der Waals surface area contributed by atoms with Gasteiger partial charge in [0.05, 0.1) is 23.4 Å². The van der Waals surface area contributed by atoms with Crippen LogP contribution in [0.5, 0.6) is 0 Å².